The molecule has 0 aliphatic carbocycles. The van der Waals surface area contributed by atoms with E-state index >= 15 is 0 Å². The van der Waals surface area contributed by atoms with Gasteiger partial charge in [0.05, 0.1) is 0 Å². The molecule has 1 aromatic carbocycles. The average molecular weight is 277 g/mol. The zero-order valence-electron chi connectivity index (χ0n) is 11.5. The molecule has 0 fully saturated rings. The molecule has 0 aliphatic heterocycles. The minimum Gasteiger partial charge on any atom is -0.339 e. The van der Waals surface area contributed by atoms with Gasteiger partial charge in [-0.1, -0.05) is 19.0 Å². The minimum atomic E-state index is 0.0483. The van der Waals surface area contributed by atoms with Crippen molar-refractivity contribution in [2.24, 2.45) is 11.7 Å². The summed E-state index contributed by atoms with van der Waals surface area (Å²) in [5.41, 5.74) is 6.97. The number of nitrogens with zero attached hydrogens (tertiary/aromatic N) is 2. The van der Waals surface area contributed by atoms with Gasteiger partial charge in [0, 0.05) is 22.9 Å². The van der Waals surface area contributed by atoms with Crippen molar-refractivity contribution < 1.29 is 4.52 Å². The van der Waals surface area contributed by atoms with E-state index in [4.69, 9.17) is 10.3 Å². The highest BCUT2D eigenvalue weighted by Crippen LogP contribution is 2.21. The normalized spacial score (nSPS) is 12.9. The van der Waals surface area contributed by atoms with Crippen LogP contribution in [0.2, 0.25) is 0 Å². The van der Waals surface area contributed by atoms with Gasteiger partial charge in [0.2, 0.25) is 11.7 Å². The van der Waals surface area contributed by atoms with Gasteiger partial charge in [0.1, 0.15) is 0 Å². The van der Waals surface area contributed by atoms with Crippen molar-refractivity contribution in [3.05, 3.63) is 30.2 Å². The SMILES string of the molecule is CSc1ccc(-c2noc(CC(N)C(C)C)n2)cc1. The molecule has 2 N–H and O–H groups in total. The van der Waals surface area contributed by atoms with Crippen LogP contribution in [-0.2, 0) is 6.42 Å². The first kappa shape index (κ1) is 14.1. The summed E-state index contributed by atoms with van der Waals surface area (Å²) in [6.07, 6.45) is 2.67. The summed E-state index contributed by atoms with van der Waals surface area (Å²) < 4.78 is 5.25. The van der Waals surface area contributed by atoms with Crippen LogP contribution in [0.5, 0.6) is 0 Å². The van der Waals surface area contributed by atoms with Crippen LogP contribution in [-0.4, -0.2) is 22.4 Å². The van der Waals surface area contributed by atoms with Gasteiger partial charge < -0.3 is 10.3 Å². The van der Waals surface area contributed by atoms with Crippen LogP contribution < -0.4 is 5.73 Å². The maximum absolute atomic E-state index is 6.00. The predicted octanol–water partition coefficient (Wildman–Crippen LogP) is 2.98. The number of benzene rings is 1. The molecule has 1 heterocycles. The Labute approximate surface area is 117 Å². The third kappa shape index (κ3) is 3.58. The molecule has 1 unspecified atom stereocenters. The minimum absolute atomic E-state index is 0.0483. The van der Waals surface area contributed by atoms with Gasteiger partial charge in [-0.3, -0.25) is 0 Å². The monoisotopic (exact) mass is 277 g/mol. The molecule has 0 saturated heterocycles. The van der Waals surface area contributed by atoms with E-state index in [1.54, 1.807) is 11.8 Å². The lowest BCUT2D eigenvalue weighted by Crippen LogP contribution is -2.28. The summed E-state index contributed by atoms with van der Waals surface area (Å²) in [7, 11) is 0. The maximum Gasteiger partial charge on any atom is 0.228 e. The van der Waals surface area contributed by atoms with Crippen molar-refractivity contribution >= 4 is 11.8 Å². The van der Waals surface area contributed by atoms with E-state index in [0.29, 0.717) is 24.1 Å². The van der Waals surface area contributed by atoms with Crippen LogP contribution >= 0.6 is 11.8 Å². The Morgan fingerprint density at radius 3 is 2.53 bits per heavy atom. The van der Waals surface area contributed by atoms with Crippen LogP contribution in [0.4, 0.5) is 0 Å². The number of hydrogen-bond acceptors (Lipinski definition) is 5. The molecule has 5 heteroatoms. The van der Waals surface area contributed by atoms with E-state index < -0.39 is 0 Å². The number of hydrogen-bond donors (Lipinski definition) is 1. The first-order chi connectivity index (χ1) is 9.10. The topological polar surface area (TPSA) is 64.9 Å². The fraction of sp³-hybridized carbons (Fsp3) is 0.429. The van der Waals surface area contributed by atoms with E-state index in [2.05, 4.69) is 42.4 Å². The van der Waals surface area contributed by atoms with Gasteiger partial charge >= 0.3 is 0 Å². The first-order valence-corrected chi connectivity index (χ1v) is 7.55. The first-order valence-electron chi connectivity index (χ1n) is 6.32. The molecule has 2 aromatic rings. The van der Waals surface area contributed by atoms with E-state index in [1.165, 1.54) is 4.90 Å². The van der Waals surface area contributed by atoms with Crippen molar-refractivity contribution in [3.63, 3.8) is 0 Å². The second-order valence-corrected chi connectivity index (χ2v) is 5.73. The Morgan fingerprint density at radius 1 is 1.26 bits per heavy atom. The molecule has 19 heavy (non-hydrogen) atoms. The lowest BCUT2D eigenvalue weighted by molar-refractivity contribution is 0.353. The Kier molecular flexibility index (Phi) is 4.61. The van der Waals surface area contributed by atoms with Crippen LogP contribution in [0, 0.1) is 5.92 Å². The van der Waals surface area contributed by atoms with E-state index in [9.17, 15) is 0 Å². The highest BCUT2D eigenvalue weighted by molar-refractivity contribution is 7.98. The molecule has 4 nitrogen and oxygen atoms in total. The third-order valence-electron chi connectivity index (χ3n) is 3.08. The smallest absolute Gasteiger partial charge is 0.228 e. The second kappa shape index (κ2) is 6.21. The molecule has 0 radical (unpaired) electrons. The number of nitrogens with two attached hydrogens (primary N) is 1. The van der Waals surface area contributed by atoms with Crippen LogP contribution in [0.25, 0.3) is 11.4 Å². The molecular weight excluding hydrogens is 258 g/mol. The molecule has 102 valence electrons. The van der Waals surface area contributed by atoms with Crippen molar-refractivity contribution in [2.75, 3.05) is 6.26 Å². The highest BCUT2D eigenvalue weighted by atomic mass is 32.2. The maximum atomic E-state index is 6.00. The lowest BCUT2D eigenvalue weighted by Gasteiger charge is -2.11. The average Bonchev–Trinajstić information content (AvgIpc) is 2.87. The van der Waals surface area contributed by atoms with E-state index in [-0.39, 0.29) is 6.04 Å². The van der Waals surface area contributed by atoms with Gasteiger partial charge in [-0.05, 0) is 36.4 Å². The van der Waals surface area contributed by atoms with Gasteiger partial charge in [0.15, 0.2) is 0 Å². The van der Waals surface area contributed by atoms with E-state index in [1.807, 2.05) is 12.1 Å². The predicted molar refractivity (Wildman–Crippen MR) is 78.0 cm³/mol. The summed E-state index contributed by atoms with van der Waals surface area (Å²) in [6.45, 7) is 4.17. The molecular formula is C14H19N3OS. The van der Waals surface area contributed by atoms with Crippen LogP contribution in [0.1, 0.15) is 19.7 Å². The number of rotatable bonds is 5. The summed E-state index contributed by atoms with van der Waals surface area (Å²) in [5.74, 6) is 1.62. The van der Waals surface area contributed by atoms with E-state index in [0.717, 1.165) is 5.56 Å². The standard InChI is InChI=1S/C14H19N3OS/c1-9(2)12(15)8-13-16-14(17-18-13)10-4-6-11(19-3)7-5-10/h4-7,9,12H,8,15H2,1-3H3. The Hall–Kier alpha value is -1.33. The Morgan fingerprint density at radius 2 is 1.95 bits per heavy atom. The molecule has 1 aromatic heterocycles. The fourth-order valence-electron chi connectivity index (χ4n) is 1.63. The number of thioether (sulfide) groups is 1. The molecule has 0 amide bonds. The molecule has 0 saturated carbocycles. The van der Waals surface area contributed by atoms with Crippen LogP contribution in [0.3, 0.4) is 0 Å². The molecule has 0 aliphatic rings. The van der Waals surface area contributed by atoms with Crippen molar-refractivity contribution in [2.45, 2.75) is 31.2 Å². The lowest BCUT2D eigenvalue weighted by atomic mass is 10.0. The molecule has 2 rings (SSSR count). The zero-order chi connectivity index (χ0) is 13.8. The Bertz CT molecular complexity index is 522. The van der Waals surface area contributed by atoms with Crippen LogP contribution in [0.15, 0.2) is 33.7 Å². The molecule has 1 atom stereocenters. The fourth-order valence-corrected chi connectivity index (χ4v) is 2.04. The summed E-state index contributed by atoms with van der Waals surface area (Å²) in [5, 5.41) is 4.01. The summed E-state index contributed by atoms with van der Waals surface area (Å²) >= 11 is 1.71. The summed E-state index contributed by atoms with van der Waals surface area (Å²) in [6, 6.07) is 8.16. The Balaban J connectivity index is 2.11. The van der Waals surface area contributed by atoms with Crippen molar-refractivity contribution in [1.29, 1.82) is 0 Å². The van der Waals surface area contributed by atoms with Gasteiger partial charge in [-0.25, -0.2) is 0 Å². The van der Waals surface area contributed by atoms with Crippen molar-refractivity contribution in [3.8, 4) is 11.4 Å². The van der Waals surface area contributed by atoms with Gasteiger partial charge in [-0.15, -0.1) is 11.8 Å². The van der Waals surface area contributed by atoms with Gasteiger partial charge in [-0.2, -0.15) is 4.98 Å². The summed E-state index contributed by atoms with van der Waals surface area (Å²) in [4.78, 5) is 5.61. The zero-order valence-corrected chi connectivity index (χ0v) is 12.3. The molecule has 0 spiro atoms. The van der Waals surface area contributed by atoms with Gasteiger partial charge in [0.25, 0.3) is 0 Å². The largest absolute Gasteiger partial charge is 0.339 e. The van der Waals surface area contributed by atoms with Crippen molar-refractivity contribution in [1.82, 2.24) is 10.1 Å². The quantitative estimate of drug-likeness (QED) is 0.851. The highest BCUT2D eigenvalue weighted by Gasteiger charge is 2.14. The number of aromatic nitrogens is 2. The second-order valence-electron chi connectivity index (χ2n) is 4.85. The molecule has 0 bridgehead atoms. The third-order valence-corrected chi connectivity index (χ3v) is 3.83.